The Hall–Kier alpha value is -1.55. The van der Waals surface area contributed by atoms with Crippen LogP contribution >= 0.6 is 0 Å². The Morgan fingerprint density at radius 2 is 2.00 bits per heavy atom. The summed E-state index contributed by atoms with van der Waals surface area (Å²) >= 11 is 0. The number of carboxylic acids is 1. The summed E-state index contributed by atoms with van der Waals surface area (Å²) in [4.78, 5) is 10.8. The minimum Gasteiger partial charge on any atom is -0.491 e. The standard InChI is InChI=1S/C15H20O4/c16-15(17)12-5-4-8-14(11-12)19-10-9-18-13-6-2-1-3-7-13/h4-5,8,11,13H,1-3,6-7,9-10H2,(H,16,17). The van der Waals surface area contributed by atoms with Gasteiger partial charge in [-0.25, -0.2) is 4.79 Å². The minimum absolute atomic E-state index is 0.241. The van der Waals surface area contributed by atoms with Crippen LogP contribution in [0.4, 0.5) is 0 Å². The Morgan fingerprint density at radius 1 is 1.21 bits per heavy atom. The van der Waals surface area contributed by atoms with Gasteiger partial charge in [-0.3, -0.25) is 0 Å². The Labute approximate surface area is 113 Å². The van der Waals surface area contributed by atoms with Crippen LogP contribution < -0.4 is 4.74 Å². The van der Waals surface area contributed by atoms with Gasteiger partial charge in [-0.05, 0) is 31.0 Å². The van der Waals surface area contributed by atoms with Gasteiger partial charge in [-0.2, -0.15) is 0 Å². The molecule has 4 heteroatoms. The smallest absolute Gasteiger partial charge is 0.335 e. The maximum absolute atomic E-state index is 10.8. The summed E-state index contributed by atoms with van der Waals surface area (Å²) in [5, 5.41) is 8.87. The van der Waals surface area contributed by atoms with Crippen LogP contribution in [0.15, 0.2) is 24.3 Å². The summed E-state index contributed by atoms with van der Waals surface area (Å²) in [5.41, 5.74) is 0.241. The molecule has 0 spiro atoms. The van der Waals surface area contributed by atoms with E-state index < -0.39 is 5.97 Å². The first-order valence-corrected chi connectivity index (χ1v) is 6.83. The van der Waals surface area contributed by atoms with Gasteiger partial charge in [0.2, 0.25) is 0 Å². The number of rotatable bonds is 6. The maximum Gasteiger partial charge on any atom is 0.335 e. The van der Waals surface area contributed by atoms with Gasteiger partial charge < -0.3 is 14.6 Å². The van der Waals surface area contributed by atoms with Crippen molar-refractivity contribution < 1.29 is 19.4 Å². The molecule has 0 unspecified atom stereocenters. The van der Waals surface area contributed by atoms with Crippen LogP contribution in [-0.4, -0.2) is 30.4 Å². The molecule has 0 heterocycles. The molecular formula is C15H20O4. The van der Waals surface area contributed by atoms with Crippen molar-refractivity contribution >= 4 is 5.97 Å². The van der Waals surface area contributed by atoms with Gasteiger partial charge in [0.1, 0.15) is 12.4 Å². The fraction of sp³-hybridized carbons (Fsp3) is 0.533. The van der Waals surface area contributed by atoms with Gasteiger partial charge in [0, 0.05) is 0 Å². The normalized spacial score (nSPS) is 16.2. The highest BCUT2D eigenvalue weighted by Gasteiger charge is 2.13. The molecule has 0 atom stereocenters. The number of aromatic carboxylic acids is 1. The predicted octanol–water partition coefficient (Wildman–Crippen LogP) is 3.11. The third-order valence-corrected chi connectivity index (χ3v) is 3.34. The van der Waals surface area contributed by atoms with Crippen LogP contribution in [0.5, 0.6) is 5.75 Å². The molecule has 0 amide bonds. The van der Waals surface area contributed by atoms with Crippen molar-refractivity contribution in [1.82, 2.24) is 0 Å². The first-order valence-electron chi connectivity index (χ1n) is 6.83. The van der Waals surface area contributed by atoms with E-state index in [9.17, 15) is 4.79 Å². The molecule has 0 radical (unpaired) electrons. The second-order valence-electron chi connectivity index (χ2n) is 4.81. The maximum atomic E-state index is 10.8. The average molecular weight is 264 g/mol. The van der Waals surface area contributed by atoms with Crippen molar-refractivity contribution in [2.24, 2.45) is 0 Å². The average Bonchev–Trinajstić information content (AvgIpc) is 2.45. The molecule has 1 saturated carbocycles. The van der Waals surface area contributed by atoms with E-state index in [-0.39, 0.29) is 5.56 Å². The van der Waals surface area contributed by atoms with Crippen molar-refractivity contribution in [2.45, 2.75) is 38.2 Å². The lowest BCUT2D eigenvalue weighted by molar-refractivity contribution is 0.0129. The molecule has 4 nitrogen and oxygen atoms in total. The fourth-order valence-corrected chi connectivity index (χ4v) is 2.33. The highest BCUT2D eigenvalue weighted by molar-refractivity contribution is 5.87. The molecule has 2 rings (SSSR count). The molecule has 1 aromatic carbocycles. The molecule has 0 aliphatic heterocycles. The quantitative estimate of drug-likeness (QED) is 0.802. The Morgan fingerprint density at radius 3 is 2.74 bits per heavy atom. The van der Waals surface area contributed by atoms with Crippen molar-refractivity contribution in [3.8, 4) is 5.75 Å². The molecule has 104 valence electrons. The third kappa shape index (κ3) is 4.56. The van der Waals surface area contributed by atoms with Gasteiger partial charge in [-0.1, -0.05) is 25.3 Å². The SMILES string of the molecule is O=C(O)c1cccc(OCCOC2CCCCC2)c1. The summed E-state index contributed by atoms with van der Waals surface area (Å²) in [6.07, 6.45) is 6.50. The molecule has 19 heavy (non-hydrogen) atoms. The zero-order valence-electron chi connectivity index (χ0n) is 11.0. The van der Waals surface area contributed by atoms with Crippen molar-refractivity contribution in [2.75, 3.05) is 13.2 Å². The van der Waals surface area contributed by atoms with Crippen LogP contribution in [0.25, 0.3) is 0 Å². The number of hydrogen-bond donors (Lipinski definition) is 1. The highest BCUT2D eigenvalue weighted by Crippen LogP contribution is 2.20. The minimum atomic E-state index is -0.941. The lowest BCUT2D eigenvalue weighted by atomic mass is 9.98. The van der Waals surface area contributed by atoms with Crippen LogP contribution in [0.1, 0.15) is 42.5 Å². The second kappa shape index (κ2) is 7.14. The molecule has 0 bridgehead atoms. The monoisotopic (exact) mass is 264 g/mol. The molecule has 0 aromatic heterocycles. The second-order valence-corrected chi connectivity index (χ2v) is 4.81. The van der Waals surface area contributed by atoms with E-state index in [1.165, 1.54) is 25.3 Å². The number of hydrogen-bond acceptors (Lipinski definition) is 3. The van der Waals surface area contributed by atoms with Gasteiger partial charge in [0.05, 0.1) is 18.3 Å². The van der Waals surface area contributed by atoms with Gasteiger partial charge in [0.25, 0.3) is 0 Å². The molecule has 1 fully saturated rings. The molecular weight excluding hydrogens is 244 g/mol. The van der Waals surface area contributed by atoms with Crippen molar-refractivity contribution in [3.63, 3.8) is 0 Å². The summed E-state index contributed by atoms with van der Waals surface area (Å²) < 4.78 is 11.2. The van der Waals surface area contributed by atoms with E-state index in [0.29, 0.717) is 25.1 Å². The highest BCUT2D eigenvalue weighted by atomic mass is 16.5. The van der Waals surface area contributed by atoms with Crippen molar-refractivity contribution in [1.29, 1.82) is 0 Å². The van der Waals surface area contributed by atoms with E-state index in [1.54, 1.807) is 18.2 Å². The Bertz CT molecular complexity index is 410. The molecule has 1 aliphatic rings. The number of benzene rings is 1. The predicted molar refractivity (Wildman–Crippen MR) is 71.7 cm³/mol. The largest absolute Gasteiger partial charge is 0.491 e. The topological polar surface area (TPSA) is 55.8 Å². The van der Waals surface area contributed by atoms with Crippen LogP contribution in [0, 0.1) is 0 Å². The van der Waals surface area contributed by atoms with Crippen LogP contribution in [0.3, 0.4) is 0 Å². The number of carboxylic acid groups (broad SMARTS) is 1. The summed E-state index contributed by atoms with van der Waals surface area (Å²) in [6, 6.07) is 6.52. The fourth-order valence-electron chi connectivity index (χ4n) is 2.33. The Balaban J connectivity index is 1.70. The van der Waals surface area contributed by atoms with E-state index in [2.05, 4.69) is 0 Å². The number of carbonyl (C=O) groups is 1. The number of ether oxygens (including phenoxy) is 2. The zero-order valence-corrected chi connectivity index (χ0v) is 11.0. The molecule has 1 aliphatic carbocycles. The lowest BCUT2D eigenvalue weighted by Gasteiger charge is -2.21. The molecule has 1 N–H and O–H groups in total. The molecule has 0 saturated heterocycles. The first kappa shape index (κ1) is 13.9. The lowest BCUT2D eigenvalue weighted by Crippen LogP contribution is -2.19. The summed E-state index contributed by atoms with van der Waals surface area (Å²) in [5.74, 6) is -0.365. The van der Waals surface area contributed by atoms with Gasteiger partial charge in [-0.15, -0.1) is 0 Å². The van der Waals surface area contributed by atoms with Crippen molar-refractivity contribution in [3.05, 3.63) is 29.8 Å². The van der Waals surface area contributed by atoms with Gasteiger partial charge in [0.15, 0.2) is 0 Å². The van der Waals surface area contributed by atoms with Crippen LogP contribution in [0.2, 0.25) is 0 Å². The zero-order chi connectivity index (χ0) is 13.5. The van der Waals surface area contributed by atoms with E-state index in [0.717, 1.165) is 12.8 Å². The van der Waals surface area contributed by atoms with E-state index in [4.69, 9.17) is 14.6 Å². The van der Waals surface area contributed by atoms with Crippen LogP contribution in [-0.2, 0) is 4.74 Å². The summed E-state index contributed by atoms with van der Waals surface area (Å²) in [6.45, 7) is 1.02. The summed E-state index contributed by atoms with van der Waals surface area (Å²) in [7, 11) is 0. The third-order valence-electron chi connectivity index (χ3n) is 3.34. The van der Waals surface area contributed by atoms with E-state index >= 15 is 0 Å². The first-order chi connectivity index (χ1) is 9.25. The van der Waals surface area contributed by atoms with E-state index in [1.807, 2.05) is 0 Å². The molecule has 1 aromatic rings. The van der Waals surface area contributed by atoms with Gasteiger partial charge >= 0.3 is 5.97 Å². The Kier molecular flexibility index (Phi) is 5.21.